The Morgan fingerprint density at radius 3 is 2.94 bits per heavy atom. The van der Waals surface area contributed by atoms with Crippen molar-refractivity contribution in [3.63, 3.8) is 0 Å². The molecule has 0 amide bonds. The topological polar surface area (TPSA) is 54.5 Å². The minimum Gasteiger partial charge on any atom is -0.338 e. The molecule has 4 aromatic rings. The van der Waals surface area contributed by atoms with Crippen LogP contribution < -0.4 is 0 Å². The number of aromatic nitrogens is 4. The fourth-order valence-electron chi connectivity index (χ4n) is 2.12. The van der Waals surface area contributed by atoms with Gasteiger partial charge in [0, 0.05) is 21.6 Å². The van der Waals surface area contributed by atoms with E-state index in [1.165, 1.54) is 0 Å². The van der Waals surface area contributed by atoms with Crippen LogP contribution >= 0.6 is 15.9 Å². The lowest BCUT2D eigenvalue weighted by Crippen LogP contribution is -1.88. The van der Waals surface area contributed by atoms with Gasteiger partial charge < -0.3 is 4.98 Å². The molecule has 0 atom stereocenters. The molecule has 0 saturated heterocycles. The average molecular weight is 299 g/mol. The van der Waals surface area contributed by atoms with Crippen molar-refractivity contribution < 1.29 is 0 Å². The molecule has 4 nitrogen and oxygen atoms in total. The third-order valence-corrected chi connectivity index (χ3v) is 3.36. The molecule has 0 radical (unpaired) electrons. The quantitative estimate of drug-likeness (QED) is 0.541. The molecular formula is C13H7BrN4. The van der Waals surface area contributed by atoms with Gasteiger partial charge in [0.1, 0.15) is 11.0 Å². The van der Waals surface area contributed by atoms with E-state index in [1.54, 1.807) is 6.20 Å². The number of nitrogens with zero attached hydrogens (tertiary/aromatic N) is 3. The lowest BCUT2D eigenvalue weighted by atomic mass is 10.2. The van der Waals surface area contributed by atoms with Crippen LogP contribution in [0.4, 0.5) is 0 Å². The molecular weight excluding hydrogens is 292 g/mol. The van der Waals surface area contributed by atoms with Crippen molar-refractivity contribution >= 4 is 49.2 Å². The van der Waals surface area contributed by atoms with Gasteiger partial charge in [-0.25, -0.2) is 15.0 Å². The van der Waals surface area contributed by atoms with E-state index in [9.17, 15) is 0 Å². The second-order valence-corrected chi connectivity index (χ2v) is 5.00. The molecule has 5 heteroatoms. The molecule has 0 aliphatic carbocycles. The van der Waals surface area contributed by atoms with Gasteiger partial charge in [-0.1, -0.05) is 18.2 Å². The number of hydrogen-bond donors (Lipinski definition) is 1. The number of H-pyrrole nitrogens is 1. The highest BCUT2D eigenvalue weighted by Gasteiger charge is 2.08. The van der Waals surface area contributed by atoms with Crippen molar-refractivity contribution in [2.24, 2.45) is 0 Å². The van der Waals surface area contributed by atoms with Crippen LogP contribution in [0.1, 0.15) is 0 Å². The second kappa shape index (κ2) is 3.49. The van der Waals surface area contributed by atoms with Crippen LogP contribution in [0.5, 0.6) is 0 Å². The van der Waals surface area contributed by atoms with Crippen LogP contribution in [0.15, 0.2) is 41.0 Å². The maximum Gasteiger partial charge on any atom is 0.180 e. The predicted octanol–water partition coefficient (Wildman–Crippen LogP) is 3.42. The number of para-hydroxylation sites is 1. The highest BCUT2D eigenvalue weighted by atomic mass is 79.9. The summed E-state index contributed by atoms with van der Waals surface area (Å²) in [6, 6.07) is 9.98. The molecule has 1 N–H and O–H groups in total. The number of nitrogens with one attached hydrogen (secondary N) is 1. The molecule has 1 aromatic carbocycles. The summed E-state index contributed by atoms with van der Waals surface area (Å²) in [5.41, 5.74) is 4.15. The molecule has 3 aromatic heterocycles. The zero-order valence-corrected chi connectivity index (χ0v) is 10.8. The highest BCUT2D eigenvalue weighted by Crippen LogP contribution is 2.24. The normalized spacial score (nSPS) is 11.6. The van der Waals surface area contributed by atoms with Crippen LogP contribution in [-0.2, 0) is 0 Å². The fourth-order valence-corrected chi connectivity index (χ4v) is 2.44. The number of halogens is 1. The van der Waals surface area contributed by atoms with E-state index >= 15 is 0 Å². The maximum absolute atomic E-state index is 4.64. The first-order valence-corrected chi connectivity index (χ1v) is 6.30. The number of hydrogen-bond acceptors (Lipinski definition) is 3. The van der Waals surface area contributed by atoms with E-state index in [0.29, 0.717) is 5.65 Å². The Hall–Kier alpha value is -2.01. The lowest BCUT2D eigenvalue weighted by molar-refractivity contribution is 1.26. The van der Waals surface area contributed by atoms with E-state index in [0.717, 1.165) is 32.1 Å². The summed E-state index contributed by atoms with van der Waals surface area (Å²) in [5.74, 6) is 0. The minimum absolute atomic E-state index is 0.650. The summed E-state index contributed by atoms with van der Waals surface area (Å²) in [6.07, 6.45) is 1.73. The monoisotopic (exact) mass is 298 g/mol. The van der Waals surface area contributed by atoms with Gasteiger partial charge in [-0.15, -0.1) is 0 Å². The maximum atomic E-state index is 4.64. The molecule has 0 spiro atoms. The first kappa shape index (κ1) is 9.96. The van der Waals surface area contributed by atoms with Crippen molar-refractivity contribution in [3.05, 3.63) is 41.0 Å². The third kappa shape index (κ3) is 1.34. The SMILES string of the molecule is Brc1cnc2nc3[nH]c4ccccc4c3nc2c1. The van der Waals surface area contributed by atoms with Crippen LogP contribution in [-0.4, -0.2) is 19.9 Å². The largest absolute Gasteiger partial charge is 0.338 e. The van der Waals surface area contributed by atoms with E-state index < -0.39 is 0 Å². The second-order valence-electron chi connectivity index (χ2n) is 4.09. The summed E-state index contributed by atoms with van der Waals surface area (Å²) in [6.45, 7) is 0. The Kier molecular flexibility index (Phi) is 1.93. The van der Waals surface area contributed by atoms with Crippen LogP contribution in [0, 0.1) is 0 Å². The van der Waals surface area contributed by atoms with Crippen molar-refractivity contribution in [1.29, 1.82) is 0 Å². The predicted molar refractivity (Wildman–Crippen MR) is 74.4 cm³/mol. The number of pyridine rings is 1. The van der Waals surface area contributed by atoms with Crippen LogP contribution in [0.3, 0.4) is 0 Å². The Bertz CT molecular complexity index is 897. The molecule has 86 valence electrons. The molecule has 0 aliphatic rings. The standard InChI is InChI=1S/C13H7BrN4/c14-7-5-10-12(15-6-7)18-13-11(16-10)8-3-1-2-4-9(8)17-13/h1-6H,(H,15,17,18). The van der Waals surface area contributed by atoms with E-state index in [4.69, 9.17) is 0 Å². The van der Waals surface area contributed by atoms with Crippen molar-refractivity contribution in [3.8, 4) is 0 Å². The molecule has 0 aliphatic heterocycles. The van der Waals surface area contributed by atoms with Crippen LogP contribution in [0.25, 0.3) is 33.2 Å². The zero-order chi connectivity index (χ0) is 12.1. The van der Waals surface area contributed by atoms with Crippen molar-refractivity contribution in [2.45, 2.75) is 0 Å². The van der Waals surface area contributed by atoms with Crippen LogP contribution in [0.2, 0.25) is 0 Å². The molecule has 0 saturated carbocycles. The Balaban J connectivity index is 2.24. The molecule has 0 bridgehead atoms. The summed E-state index contributed by atoms with van der Waals surface area (Å²) < 4.78 is 0.906. The molecule has 0 fully saturated rings. The van der Waals surface area contributed by atoms with Gasteiger partial charge in [0.2, 0.25) is 0 Å². The number of aromatic amines is 1. The lowest BCUT2D eigenvalue weighted by Gasteiger charge is -1.97. The zero-order valence-electron chi connectivity index (χ0n) is 9.18. The molecule has 3 heterocycles. The first-order valence-electron chi connectivity index (χ1n) is 5.51. The van der Waals surface area contributed by atoms with Gasteiger partial charge in [0.15, 0.2) is 11.3 Å². The smallest absolute Gasteiger partial charge is 0.180 e. The number of benzene rings is 1. The first-order chi connectivity index (χ1) is 8.81. The van der Waals surface area contributed by atoms with Crippen molar-refractivity contribution in [2.75, 3.05) is 0 Å². The average Bonchev–Trinajstić information content (AvgIpc) is 2.74. The Morgan fingerprint density at radius 1 is 1.11 bits per heavy atom. The van der Waals surface area contributed by atoms with Crippen molar-refractivity contribution in [1.82, 2.24) is 19.9 Å². The fraction of sp³-hybridized carbons (Fsp3) is 0. The molecule has 4 rings (SSSR count). The van der Waals surface area contributed by atoms with Gasteiger partial charge in [-0.3, -0.25) is 0 Å². The summed E-state index contributed by atoms with van der Waals surface area (Å²) in [5, 5.41) is 1.09. The Morgan fingerprint density at radius 2 is 2.00 bits per heavy atom. The van der Waals surface area contributed by atoms with E-state index in [-0.39, 0.29) is 0 Å². The van der Waals surface area contributed by atoms with Gasteiger partial charge in [-0.2, -0.15) is 0 Å². The summed E-state index contributed by atoms with van der Waals surface area (Å²) >= 11 is 3.40. The summed E-state index contributed by atoms with van der Waals surface area (Å²) in [7, 11) is 0. The van der Waals surface area contributed by atoms with Gasteiger partial charge in [0.25, 0.3) is 0 Å². The summed E-state index contributed by atoms with van der Waals surface area (Å²) in [4.78, 5) is 16.7. The van der Waals surface area contributed by atoms with Gasteiger partial charge in [-0.05, 0) is 28.1 Å². The Labute approximate surface area is 110 Å². The third-order valence-electron chi connectivity index (χ3n) is 2.92. The molecule has 18 heavy (non-hydrogen) atoms. The van der Waals surface area contributed by atoms with Gasteiger partial charge >= 0.3 is 0 Å². The number of fused-ring (bicyclic) bond motifs is 4. The van der Waals surface area contributed by atoms with Gasteiger partial charge in [0.05, 0.1) is 0 Å². The number of rotatable bonds is 0. The minimum atomic E-state index is 0.650. The molecule has 0 unspecified atom stereocenters. The van der Waals surface area contributed by atoms with E-state index in [2.05, 4.69) is 35.9 Å². The van der Waals surface area contributed by atoms with E-state index in [1.807, 2.05) is 30.3 Å². The highest BCUT2D eigenvalue weighted by molar-refractivity contribution is 9.10.